The van der Waals surface area contributed by atoms with Crippen LogP contribution in [0, 0.1) is 0 Å². The highest BCUT2D eigenvalue weighted by atomic mass is 35.5. The number of halogens is 1. The predicted molar refractivity (Wildman–Crippen MR) is 78.1 cm³/mol. The molecule has 0 saturated carbocycles. The molecule has 4 heteroatoms. The quantitative estimate of drug-likeness (QED) is 0.910. The summed E-state index contributed by atoms with van der Waals surface area (Å²) in [5.41, 5.74) is 7.32. The molecule has 0 aliphatic heterocycles. The number of hydrogen-bond acceptors (Lipinski definition) is 3. The molecular weight excluding hydrogens is 260 g/mol. The molecule has 3 nitrogen and oxygen atoms in total. The van der Waals surface area contributed by atoms with Crippen molar-refractivity contribution in [1.82, 2.24) is 4.98 Å². The molecule has 0 fully saturated rings. The summed E-state index contributed by atoms with van der Waals surface area (Å²) in [6.07, 6.45) is 3.94. The second-order valence-electron chi connectivity index (χ2n) is 3.91. The first-order valence-electron chi connectivity index (χ1n) is 5.99. The highest BCUT2D eigenvalue weighted by molar-refractivity contribution is 6.31. The number of nitrogens with zero attached hydrogens (tertiary/aromatic N) is 1. The van der Waals surface area contributed by atoms with Crippen LogP contribution in [0.15, 0.2) is 48.5 Å². The van der Waals surface area contributed by atoms with Crippen molar-refractivity contribution in [3.05, 3.63) is 64.8 Å². The van der Waals surface area contributed by atoms with Crippen molar-refractivity contribution in [2.75, 3.05) is 6.61 Å². The van der Waals surface area contributed by atoms with E-state index in [9.17, 15) is 0 Å². The normalized spacial score (nSPS) is 10.8. The van der Waals surface area contributed by atoms with Crippen LogP contribution in [-0.2, 0) is 6.54 Å². The van der Waals surface area contributed by atoms with E-state index in [0.717, 1.165) is 5.56 Å². The summed E-state index contributed by atoms with van der Waals surface area (Å²) >= 11 is 5.93. The number of ether oxygens (including phenoxy) is 1. The zero-order valence-corrected chi connectivity index (χ0v) is 11.2. The fourth-order valence-corrected chi connectivity index (χ4v) is 1.75. The minimum absolute atomic E-state index is 0.301. The third-order valence-corrected chi connectivity index (χ3v) is 2.87. The van der Waals surface area contributed by atoms with E-state index in [1.807, 2.05) is 42.5 Å². The van der Waals surface area contributed by atoms with Crippen LogP contribution in [0.4, 0.5) is 0 Å². The van der Waals surface area contributed by atoms with Gasteiger partial charge in [-0.25, -0.2) is 4.98 Å². The van der Waals surface area contributed by atoms with Gasteiger partial charge in [-0.2, -0.15) is 0 Å². The van der Waals surface area contributed by atoms with Crippen molar-refractivity contribution >= 4 is 17.7 Å². The van der Waals surface area contributed by atoms with Crippen molar-refractivity contribution in [3.8, 4) is 5.88 Å². The molecule has 0 spiro atoms. The molecule has 98 valence electrons. The van der Waals surface area contributed by atoms with Crippen LogP contribution in [-0.4, -0.2) is 11.6 Å². The van der Waals surface area contributed by atoms with Gasteiger partial charge < -0.3 is 10.5 Å². The second kappa shape index (κ2) is 6.92. The van der Waals surface area contributed by atoms with Crippen molar-refractivity contribution in [2.24, 2.45) is 5.73 Å². The monoisotopic (exact) mass is 274 g/mol. The van der Waals surface area contributed by atoms with Crippen LogP contribution in [0.2, 0.25) is 5.02 Å². The molecule has 0 aliphatic rings. The Balaban J connectivity index is 1.91. The Bertz CT molecular complexity index is 555. The van der Waals surface area contributed by atoms with Crippen LogP contribution in [0.3, 0.4) is 0 Å². The van der Waals surface area contributed by atoms with E-state index in [1.54, 1.807) is 12.1 Å². The molecule has 0 saturated heterocycles. The topological polar surface area (TPSA) is 48.1 Å². The lowest BCUT2D eigenvalue weighted by atomic mass is 10.2. The van der Waals surface area contributed by atoms with Gasteiger partial charge in [-0.1, -0.05) is 48.0 Å². The van der Waals surface area contributed by atoms with Gasteiger partial charge in [-0.3, -0.25) is 0 Å². The summed E-state index contributed by atoms with van der Waals surface area (Å²) in [4.78, 5) is 4.22. The molecule has 0 atom stereocenters. The van der Waals surface area contributed by atoms with E-state index in [-0.39, 0.29) is 0 Å². The summed E-state index contributed by atoms with van der Waals surface area (Å²) in [6.45, 7) is 0.753. The summed E-state index contributed by atoms with van der Waals surface area (Å²) in [6, 6.07) is 13.5. The van der Waals surface area contributed by atoms with Gasteiger partial charge >= 0.3 is 0 Å². The maximum absolute atomic E-state index is 5.93. The van der Waals surface area contributed by atoms with Gasteiger partial charge in [0.2, 0.25) is 5.88 Å². The van der Waals surface area contributed by atoms with Gasteiger partial charge in [0.05, 0.1) is 10.7 Å². The van der Waals surface area contributed by atoms with Crippen LogP contribution < -0.4 is 10.5 Å². The van der Waals surface area contributed by atoms with Crippen LogP contribution >= 0.6 is 11.6 Å². The van der Waals surface area contributed by atoms with Gasteiger partial charge in [0, 0.05) is 12.6 Å². The number of rotatable bonds is 5. The third kappa shape index (κ3) is 4.09. The molecule has 1 aromatic heterocycles. The van der Waals surface area contributed by atoms with Crippen LogP contribution in [0.25, 0.3) is 6.08 Å². The predicted octanol–water partition coefficient (Wildman–Crippen LogP) is 3.29. The first-order valence-corrected chi connectivity index (χ1v) is 6.37. The standard InChI is InChI=1S/C15H15ClN2O/c16-13-8-9-15(18-14(13)11-17)19-10-4-7-12-5-2-1-3-6-12/h1-9H,10-11,17H2/b7-4+. The molecule has 0 unspecified atom stereocenters. The Morgan fingerprint density at radius 2 is 1.95 bits per heavy atom. The van der Waals surface area contributed by atoms with E-state index in [2.05, 4.69) is 4.98 Å². The zero-order valence-electron chi connectivity index (χ0n) is 10.4. The number of aromatic nitrogens is 1. The largest absolute Gasteiger partial charge is 0.473 e. The first kappa shape index (κ1) is 13.6. The number of nitrogens with two attached hydrogens (primary N) is 1. The number of benzene rings is 1. The van der Waals surface area contributed by atoms with Crippen molar-refractivity contribution < 1.29 is 4.74 Å². The molecule has 2 aromatic rings. The van der Waals surface area contributed by atoms with Gasteiger partial charge in [0.1, 0.15) is 6.61 Å². The van der Waals surface area contributed by atoms with Gasteiger partial charge in [0.15, 0.2) is 0 Å². The van der Waals surface area contributed by atoms with E-state index < -0.39 is 0 Å². The Hall–Kier alpha value is -1.84. The highest BCUT2D eigenvalue weighted by Gasteiger charge is 2.02. The number of pyridine rings is 1. The van der Waals surface area contributed by atoms with E-state index in [4.69, 9.17) is 22.1 Å². The molecule has 2 rings (SSSR count). The third-order valence-electron chi connectivity index (χ3n) is 2.52. The van der Waals surface area contributed by atoms with E-state index in [0.29, 0.717) is 29.7 Å². The molecule has 0 bridgehead atoms. The fraction of sp³-hybridized carbons (Fsp3) is 0.133. The average molecular weight is 275 g/mol. The maximum atomic E-state index is 5.93. The average Bonchev–Trinajstić information content (AvgIpc) is 2.46. The van der Waals surface area contributed by atoms with Gasteiger partial charge in [-0.05, 0) is 17.7 Å². The van der Waals surface area contributed by atoms with Crippen LogP contribution in [0.5, 0.6) is 5.88 Å². The van der Waals surface area contributed by atoms with Gasteiger partial charge in [0.25, 0.3) is 0 Å². The summed E-state index contributed by atoms with van der Waals surface area (Å²) in [7, 11) is 0. The molecule has 1 heterocycles. The highest BCUT2D eigenvalue weighted by Crippen LogP contribution is 2.17. The Morgan fingerprint density at radius 1 is 1.16 bits per heavy atom. The maximum Gasteiger partial charge on any atom is 0.213 e. The van der Waals surface area contributed by atoms with Crippen molar-refractivity contribution in [3.63, 3.8) is 0 Å². The van der Waals surface area contributed by atoms with Crippen LogP contribution in [0.1, 0.15) is 11.3 Å². The van der Waals surface area contributed by atoms with E-state index >= 15 is 0 Å². The molecular formula is C15H15ClN2O. The summed E-state index contributed by atoms with van der Waals surface area (Å²) < 4.78 is 5.51. The minimum Gasteiger partial charge on any atom is -0.473 e. The Morgan fingerprint density at radius 3 is 2.68 bits per heavy atom. The lowest BCUT2D eigenvalue weighted by Crippen LogP contribution is -2.03. The Labute approximate surface area is 117 Å². The van der Waals surface area contributed by atoms with Gasteiger partial charge in [-0.15, -0.1) is 0 Å². The minimum atomic E-state index is 0.301. The molecule has 0 aliphatic carbocycles. The lowest BCUT2D eigenvalue weighted by Gasteiger charge is -2.05. The number of hydrogen-bond donors (Lipinski definition) is 1. The lowest BCUT2D eigenvalue weighted by molar-refractivity contribution is 0.348. The first-order chi connectivity index (χ1) is 9.29. The summed E-state index contributed by atoms with van der Waals surface area (Å²) in [5, 5.41) is 0.565. The summed E-state index contributed by atoms with van der Waals surface area (Å²) in [5.74, 6) is 0.530. The van der Waals surface area contributed by atoms with Crippen molar-refractivity contribution in [2.45, 2.75) is 6.54 Å². The smallest absolute Gasteiger partial charge is 0.213 e. The molecule has 19 heavy (non-hydrogen) atoms. The Kier molecular flexibility index (Phi) is 4.95. The second-order valence-corrected chi connectivity index (χ2v) is 4.31. The van der Waals surface area contributed by atoms with E-state index in [1.165, 1.54) is 0 Å². The molecule has 0 amide bonds. The fourth-order valence-electron chi connectivity index (χ4n) is 1.57. The zero-order chi connectivity index (χ0) is 13.5. The van der Waals surface area contributed by atoms with Crippen molar-refractivity contribution in [1.29, 1.82) is 0 Å². The molecule has 0 radical (unpaired) electrons. The molecule has 1 aromatic carbocycles. The molecule has 2 N–H and O–H groups in total. The SMILES string of the molecule is NCc1nc(OC/C=C/c2ccccc2)ccc1Cl.